The first-order chi connectivity index (χ1) is 6.86. The summed E-state index contributed by atoms with van der Waals surface area (Å²) in [5, 5.41) is 9.02. The molecule has 1 amide bonds. The SMILES string of the molecule is O=C(Nc1ccncc1)c1cc[nH]n1. The fraction of sp³-hybridized carbons (Fsp3) is 0. The lowest BCUT2D eigenvalue weighted by molar-refractivity contribution is 0.102. The molecule has 0 aliphatic rings. The molecule has 2 aromatic heterocycles. The van der Waals surface area contributed by atoms with Crippen LogP contribution in [0.2, 0.25) is 0 Å². The smallest absolute Gasteiger partial charge is 0.276 e. The normalized spacial score (nSPS) is 9.71. The molecule has 2 N–H and O–H groups in total. The van der Waals surface area contributed by atoms with Gasteiger partial charge in [-0.1, -0.05) is 0 Å². The van der Waals surface area contributed by atoms with Gasteiger partial charge in [0.1, 0.15) is 5.69 Å². The van der Waals surface area contributed by atoms with Crippen molar-refractivity contribution < 1.29 is 4.79 Å². The zero-order valence-electron chi connectivity index (χ0n) is 7.27. The van der Waals surface area contributed by atoms with Crippen LogP contribution in [0.3, 0.4) is 0 Å². The van der Waals surface area contributed by atoms with Crippen molar-refractivity contribution in [2.75, 3.05) is 5.32 Å². The van der Waals surface area contributed by atoms with Crippen LogP contribution >= 0.6 is 0 Å². The molecule has 70 valence electrons. The number of carbonyl (C=O) groups is 1. The van der Waals surface area contributed by atoms with Crippen molar-refractivity contribution in [2.45, 2.75) is 0 Å². The molecule has 0 unspecified atom stereocenters. The summed E-state index contributed by atoms with van der Waals surface area (Å²) in [5.74, 6) is -0.238. The van der Waals surface area contributed by atoms with Gasteiger partial charge < -0.3 is 5.32 Å². The van der Waals surface area contributed by atoms with E-state index in [1.165, 1.54) is 0 Å². The maximum absolute atomic E-state index is 11.5. The van der Waals surface area contributed by atoms with E-state index >= 15 is 0 Å². The van der Waals surface area contributed by atoms with Crippen molar-refractivity contribution >= 4 is 11.6 Å². The molecule has 0 saturated carbocycles. The second kappa shape index (κ2) is 3.69. The zero-order chi connectivity index (χ0) is 9.80. The van der Waals surface area contributed by atoms with Gasteiger partial charge in [-0.25, -0.2) is 0 Å². The van der Waals surface area contributed by atoms with E-state index in [9.17, 15) is 4.79 Å². The molecule has 0 aliphatic carbocycles. The lowest BCUT2D eigenvalue weighted by Gasteiger charge is -2.00. The highest BCUT2D eigenvalue weighted by atomic mass is 16.1. The molecule has 0 radical (unpaired) electrons. The molecule has 0 aromatic carbocycles. The fourth-order valence-corrected chi connectivity index (χ4v) is 1.02. The van der Waals surface area contributed by atoms with Gasteiger partial charge in [0.25, 0.3) is 5.91 Å². The maximum Gasteiger partial charge on any atom is 0.276 e. The minimum absolute atomic E-state index is 0.238. The predicted octanol–water partition coefficient (Wildman–Crippen LogP) is 1.06. The van der Waals surface area contributed by atoms with Crippen LogP contribution in [0.4, 0.5) is 5.69 Å². The summed E-state index contributed by atoms with van der Waals surface area (Å²) in [6.07, 6.45) is 4.82. The number of H-pyrrole nitrogens is 1. The molecule has 0 saturated heterocycles. The first kappa shape index (κ1) is 8.43. The summed E-state index contributed by atoms with van der Waals surface area (Å²) in [7, 11) is 0. The Bertz CT molecular complexity index is 410. The standard InChI is InChI=1S/C9H8N4O/c14-9(8-3-6-11-13-8)12-7-1-4-10-5-2-7/h1-6H,(H,11,13)(H,10,12,14). The average molecular weight is 188 g/mol. The summed E-state index contributed by atoms with van der Waals surface area (Å²) in [6, 6.07) is 5.03. The lowest BCUT2D eigenvalue weighted by atomic mass is 10.3. The van der Waals surface area contributed by atoms with Crippen LogP contribution in [0, 0.1) is 0 Å². The van der Waals surface area contributed by atoms with E-state index in [0.29, 0.717) is 11.4 Å². The molecule has 2 aromatic rings. The first-order valence-electron chi connectivity index (χ1n) is 4.07. The van der Waals surface area contributed by atoms with Crippen molar-refractivity contribution in [2.24, 2.45) is 0 Å². The number of amides is 1. The van der Waals surface area contributed by atoms with Crippen molar-refractivity contribution in [3.63, 3.8) is 0 Å². The second-order valence-corrected chi connectivity index (χ2v) is 2.65. The summed E-state index contributed by atoms with van der Waals surface area (Å²) in [4.78, 5) is 15.3. The van der Waals surface area contributed by atoms with Crippen LogP contribution in [0.1, 0.15) is 10.5 Å². The Morgan fingerprint density at radius 2 is 2.07 bits per heavy atom. The van der Waals surface area contributed by atoms with E-state index < -0.39 is 0 Å². The Morgan fingerprint density at radius 1 is 1.29 bits per heavy atom. The van der Waals surface area contributed by atoms with Crippen LogP contribution < -0.4 is 5.32 Å². The number of anilines is 1. The molecule has 0 fully saturated rings. The topological polar surface area (TPSA) is 70.7 Å². The van der Waals surface area contributed by atoms with Crippen LogP contribution in [-0.4, -0.2) is 21.1 Å². The molecule has 14 heavy (non-hydrogen) atoms. The zero-order valence-corrected chi connectivity index (χ0v) is 7.27. The molecule has 0 atom stereocenters. The number of hydrogen-bond acceptors (Lipinski definition) is 3. The summed E-state index contributed by atoms with van der Waals surface area (Å²) >= 11 is 0. The largest absolute Gasteiger partial charge is 0.320 e. The number of pyridine rings is 1. The van der Waals surface area contributed by atoms with E-state index in [1.807, 2.05) is 0 Å². The number of hydrogen-bond donors (Lipinski definition) is 2. The highest BCUT2D eigenvalue weighted by Gasteiger charge is 2.06. The van der Waals surface area contributed by atoms with Gasteiger partial charge in [-0.3, -0.25) is 14.9 Å². The molecular formula is C9H8N4O. The fourth-order valence-electron chi connectivity index (χ4n) is 1.02. The van der Waals surface area contributed by atoms with Crippen molar-refractivity contribution in [3.8, 4) is 0 Å². The van der Waals surface area contributed by atoms with E-state index in [2.05, 4.69) is 20.5 Å². The number of aromatic amines is 1. The van der Waals surface area contributed by atoms with E-state index in [-0.39, 0.29) is 5.91 Å². The third-order valence-corrected chi connectivity index (χ3v) is 1.67. The van der Waals surface area contributed by atoms with Crippen LogP contribution in [0.15, 0.2) is 36.8 Å². The molecule has 0 bridgehead atoms. The van der Waals surface area contributed by atoms with Gasteiger partial charge >= 0.3 is 0 Å². The number of nitrogens with one attached hydrogen (secondary N) is 2. The predicted molar refractivity (Wildman–Crippen MR) is 50.8 cm³/mol. The highest BCUT2D eigenvalue weighted by Crippen LogP contribution is 2.05. The van der Waals surface area contributed by atoms with Crippen LogP contribution in [0.5, 0.6) is 0 Å². The Morgan fingerprint density at radius 3 is 2.71 bits per heavy atom. The summed E-state index contributed by atoms with van der Waals surface area (Å²) < 4.78 is 0. The van der Waals surface area contributed by atoms with Gasteiger partial charge in [-0.2, -0.15) is 5.10 Å². The van der Waals surface area contributed by atoms with Gasteiger partial charge in [0, 0.05) is 24.3 Å². The average Bonchev–Trinajstić information content (AvgIpc) is 2.72. The van der Waals surface area contributed by atoms with Gasteiger partial charge in [0.05, 0.1) is 0 Å². The number of nitrogens with zero attached hydrogens (tertiary/aromatic N) is 2. The monoisotopic (exact) mass is 188 g/mol. The Labute approximate surface area is 80.2 Å². The third kappa shape index (κ3) is 1.77. The second-order valence-electron chi connectivity index (χ2n) is 2.65. The van der Waals surface area contributed by atoms with E-state index in [1.54, 1.807) is 36.8 Å². The van der Waals surface area contributed by atoms with Crippen LogP contribution in [-0.2, 0) is 0 Å². The summed E-state index contributed by atoms with van der Waals surface area (Å²) in [5.41, 5.74) is 1.06. The number of carbonyl (C=O) groups excluding carboxylic acids is 1. The van der Waals surface area contributed by atoms with Gasteiger partial charge in [-0.05, 0) is 18.2 Å². The minimum atomic E-state index is -0.238. The first-order valence-corrected chi connectivity index (χ1v) is 4.07. The van der Waals surface area contributed by atoms with Crippen molar-refractivity contribution in [3.05, 3.63) is 42.5 Å². The molecule has 5 heteroatoms. The molecule has 0 spiro atoms. The Balaban J connectivity index is 2.10. The highest BCUT2D eigenvalue weighted by molar-refractivity contribution is 6.02. The van der Waals surface area contributed by atoms with Crippen molar-refractivity contribution in [1.82, 2.24) is 15.2 Å². The Hall–Kier alpha value is -2.17. The summed E-state index contributed by atoms with van der Waals surface area (Å²) in [6.45, 7) is 0. The third-order valence-electron chi connectivity index (χ3n) is 1.67. The molecule has 2 heterocycles. The van der Waals surface area contributed by atoms with E-state index in [4.69, 9.17) is 0 Å². The molecule has 0 aliphatic heterocycles. The molecular weight excluding hydrogens is 180 g/mol. The quantitative estimate of drug-likeness (QED) is 0.740. The molecule has 5 nitrogen and oxygen atoms in total. The molecule has 2 rings (SSSR count). The minimum Gasteiger partial charge on any atom is -0.320 e. The van der Waals surface area contributed by atoms with Crippen LogP contribution in [0.25, 0.3) is 0 Å². The van der Waals surface area contributed by atoms with Gasteiger partial charge in [-0.15, -0.1) is 0 Å². The number of aromatic nitrogens is 3. The Kier molecular flexibility index (Phi) is 2.22. The van der Waals surface area contributed by atoms with Gasteiger partial charge in [0.15, 0.2) is 0 Å². The number of rotatable bonds is 2. The lowest BCUT2D eigenvalue weighted by Crippen LogP contribution is -2.12. The van der Waals surface area contributed by atoms with E-state index in [0.717, 1.165) is 0 Å². The van der Waals surface area contributed by atoms with Crippen molar-refractivity contribution in [1.29, 1.82) is 0 Å². The maximum atomic E-state index is 11.5. The van der Waals surface area contributed by atoms with Gasteiger partial charge in [0.2, 0.25) is 0 Å².